The van der Waals surface area contributed by atoms with E-state index >= 15 is 0 Å². The monoisotopic (exact) mass is 963 g/mol. The summed E-state index contributed by atoms with van der Waals surface area (Å²) in [5.74, 6) is -8.14. The maximum Gasteiger partial charge on any atom is 0.245 e. The summed E-state index contributed by atoms with van der Waals surface area (Å²) in [6, 6.07) is -4.14. The fourth-order valence-electron chi connectivity index (χ4n) is 7.00. The molecular formula is C43H74N14O11. The van der Waals surface area contributed by atoms with Crippen LogP contribution in [0.3, 0.4) is 0 Å². The Balaban J connectivity index is 2.74. The summed E-state index contributed by atoms with van der Waals surface area (Å²) >= 11 is 0. The highest BCUT2D eigenvalue weighted by atomic mass is 16.3. The molecule has 0 aromatic heterocycles. The van der Waals surface area contributed by atoms with Crippen LogP contribution in [0.4, 0.5) is 0 Å². The van der Waals surface area contributed by atoms with Gasteiger partial charge in [-0.05, 0) is 90.0 Å². The predicted molar refractivity (Wildman–Crippen MR) is 249 cm³/mol. The maximum atomic E-state index is 14.2. The summed E-state index contributed by atoms with van der Waals surface area (Å²) in [7, 11) is 0. The van der Waals surface area contributed by atoms with Gasteiger partial charge >= 0.3 is 0 Å². The Hall–Kier alpha value is -5.83. The van der Waals surface area contributed by atoms with Crippen molar-refractivity contribution in [2.45, 2.75) is 139 Å². The van der Waals surface area contributed by atoms with E-state index < -0.39 is 126 Å². The second kappa shape index (κ2) is 29.8. The Bertz CT molecular complexity index is 1840. The van der Waals surface area contributed by atoms with Crippen molar-refractivity contribution in [2.75, 3.05) is 32.7 Å². The minimum Gasteiger partial charge on any atom is -0.391 e. The van der Waals surface area contributed by atoms with Gasteiger partial charge in [0.15, 0.2) is 0 Å². The van der Waals surface area contributed by atoms with E-state index in [2.05, 4.69) is 47.9 Å². The third-order valence-corrected chi connectivity index (χ3v) is 10.9. The zero-order chi connectivity index (χ0) is 51.1. The molecule has 382 valence electrons. The predicted octanol–water partition coefficient (Wildman–Crippen LogP) is -6.84. The number of carbonyl (C=O) groups is 9. The lowest BCUT2D eigenvalue weighted by molar-refractivity contribution is -0.136. The Morgan fingerprint density at radius 3 is 1.59 bits per heavy atom. The van der Waals surface area contributed by atoms with Crippen LogP contribution < -0.4 is 76.5 Å². The smallest absolute Gasteiger partial charge is 0.245 e. The van der Waals surface area contributed by atoms with E-state index in [1.165, 1.54) is 13.8 Å². The second-order valence-corrected chi connectivity index (χ2v) is 17.1. The molecule has 1 aliphatic heterocycles. The van der Waals surface area contributed by atoms with Crippen LogP contribution in [0.15, 0.2) is 30.3 Å². The van der Waals surface area contributed by atoms with Crippen molar-refractivity contribution in [1.82, 2.24) is 47.9 Å². The molecule has 0 radical (unpaired) electrons. The van der Waals surface area contributed by atoms with Gasteiger partial charge in [0.2, 0.25) is 53.2 Å². The molecule has 1 aromatic rings. The molecule has 25 nitrogen and oxygen atoms in total. The van der Waals surface area contributed by atoms with Crippen molar-refractivity contribution in [3.8, 4) is 0 Å². The number of hydrogen-bond donors (Lipinski definition) is 16. The molecule has 25 heteroatoms. The van der Waals surface area contributed by atoms with Crippen molar-refractivity contribution in [2.24, 2.45) is 34.6 Å². The first-order chi connectivity index (χ1) is 32.2. The fraction of sp³-hybridized carbons (Fsp3) is 0.651. The molecular weight excluding hydrogens is 889 g/mol. The van der Waals surface area contributed by atoms with Crippen molar-refractivity contribution in [3.63, 3.8) is 0 Å². The van der Waals surface area contributed by atoms with Crippen molar-refractivity contribution >= 4 is 53.2 Å². The number of benzene rings is 1. The van der Waals surface area contributed by atoms with Gasteiger partial charge in [0.25, 0.3) is 0 Å². The van der Waals surface area contributed by atoms with Gasteiger partial charge in [0, 0.05) is 13.0 Å². The number of carbonyl (C=O) groups excluding carboxylic acids is 9. The van der Waals surface area contributed by atoms with Crippen molar-refractivity contribution in [1.29, 1.82) is 0 Å². The molecule has 2 rings (SSSR count). The Labute approximate surface area is 396 Å². The van der Waals surface area contributed by atoms with E-state index in [0.29, 0.717) is 5.56 Å². The highest BCUT2D eigenvalue weighted by Crippen LogP contribution is 2.11. The molecule has 9 amide bonds. The van der Waals surface area contributed by atoms with Crippen molar-refractivity contribution < 1.29 is 53.4 Å². The van der Waals surface area contributed by atoms with E-state index in [4.69, 9.17) is 28.7 Å². The van der Waals surface area contributed by atoms with Gasteiger partial charge in [-0.15, -0.1) is 0 Å². The Morgan fingerprint density at radius 2 is 1.10 bits per heavy atom. The van der Waals surface area contributed by atoms with E-state index in [9.17, 15) is 53.4 Å². The van der Waals surface area contributed by atoms with Crippen LogP contribution in [-0.2, 0) is 49.6 Å². The van der Waals surface area contributed by atoms with Gasteiger partial charge in [-0.1, -0.05) is 44.2 Å². The van der Waals surface area contributed by atoms with Gasteiger partial charge in [0.1, 0.15) is 54.4 Å². The number of amides is 9. The van der Waals surface area contributed by atoms with Gasteiger partial charge in [-0.25, -0.2) is 0 Å². The summed E-state index contributed by atoms with van der Waals surface area (Å²) in [6.07, 6.45) is -3.78. The largest absolute Gasteiger partial charge is 0.391 e. The second-order valence-electron chi connectivity index (χ2n) is 17.1. The molecule has 1 saturated heterocycles. The van der Waals surface area contributed by atoms with E-state index in [0.717, 1.165) is 0 Å². The fourth-order valence-corrected chi connectivity index (χ4v) is 7.00. The topological polar surface area (TPSA) is 432 Å². The molecule has 1 aliphatic rings. The summed E-state index contributed by atoms with van der Waals surface area (Å²) in [5, 5.41) is 43.4. The highest BCUT2D eigenvalue weighted by Gasteiger charge is 2.36. The summed E-state index contributed by atoms with van der Waals surface area (Å²) in [4.78, 5) is 124. The van der Waals surface area contributed by atoms with Gasteiger partial charge in [-0.3, -0.25) is 43.2 Å². The number of rotatable bonds is 18. The number of nitrogens with one attached hydrogen (secondary N) is 9. The van der Waals surface area contributed by atoms with Gasteiger partial charge in [-0.2, -0.15) is 0 Å². The van der Waals surface area contributed by atoms with Crippen molar-refractivity contribution in [3.05, 3.63) is 35.9 Å². The molecule has 0 saturated carbocycles. The number of aliphatic hydroxyl groups is 2. The molecule has 21 N–H and O–H groups in total. The lowest BCUT2D eigenvalue weighted by Crippen LogP contribution is -2.61. The molecule has 0 bridgehead atoms. The first-order valence-electron chi connectivity index (χ1n) is 22.8. The molecule has 1 unspecified atom stereocenters. The zero-order valence-electron chi connectivity index (χ0n) is 39.3. The number of aliphatic hydroxyl groups excluding tert-OH is 2. The van der Waals surface area contributed by atoms with Crippen LogP contribution in [0.2, 0.25) is 0 Å². The van der Waals surface area contributed by atoms with Gasteiger partial charge < -0.3 is 86.7 Å². The molecule has 11 atom stereocenters. The molecule has 1 heterocycles. The summed E-state index contributed by atoms with van der Waals surface area (Å²) in [5.41, 5.74) is 29.6. The van der Waals surface area contributed by atoms with E-state index in [1.54, 1.807) is 44.2 Å². The standard InChI is InChI=1S/C43H74N14O11/c1-22(2)20-31-40(65)52-26(10-15-44)35(60)51-29(13-18-47)39(64)57-34(24(4)59)43(68)49-19-14-30(53-36(61)28(12-17-46)54-42(67)33(48)23(3)58)38(63)50-27(11-16-45)37(62)56-32(41(66)55-31)21-25-8-6-5-7-9-25/h5-9,22-24,26-34,58-59H,10-21,44-48H2,1-4H3,(H,49,68)(H,50,63)(H,51,60)(H,52,65)(H,53,61)(H,54,67)(H,55,66)(H,56,62)(H,57,64)/t23-,24+,26+,27-,28+,29+,30?,31-,32-,33+,34-/m1/s1. The molecule has 1 fully saturated rings. The van der Waals surface area contributed by atoms with Crippen LogP contribution in [0, 0.1) is 5.92 Å². The number of hydrogen-bond acceptors (Lipinski definition) is 16. The molecule has 68 heavy (non-hydrogen) atoms. The summed E-state index contributed by atoms with van der Waals surface area (Å²) < 4.78 is 0. The third-order valence-electron chi connectivity index (χ3n) is 10.9. The van der Waals surface area contributed by atoms with Crippen LogP contribution >= 0.6 is 0 Å². The Morgan fingerprint density at radius 1 is 0.632 bits per heavy atom. The quantitative estimate of drug-likeness (QED) is 0.0650. The van der Waals surface area contributed by atoms with E-state index in [1.807, 2.05) is 0 Å². The molecule has 0 spiro atoms. The maximum absolute atomic E-state index is 14.2. The average molecular weight is 963 g/mol. The lowest BCUT2D eigenvalue weighted by Gasteiger charge is -2.28. The normalized spacial score (nSPS) is 24.9. The van der Waals surface area contributed by atoms with Crippen LogP contribution in [-0.4, -0.2) is 163 Å². The van der Waals surface area contributed by atoms with Crippen LogP contribution in [0.25, 0.3) is 0 Å². The van der Waals surface area contributed by atoms with Crippen LogP contribution in [0.5, 0.6) is 0 Å². The Kier molecular flexibility index (Phi) is 25.6. The minimum atomic E-state index is -1.63. The molecule has 0 aliphatic carbocycles. The average Bonchev–Trinajstić information content (AvgIpc) is 3.28. The minimum absolute atomic E-state index is 0.0731. The first-order valence-corrected chi connectivity index (χ1v) is 22.8. The first kappa shape index (κ1) is 58.3. The lowest BCUT2D eigenvalue weighted by atomic mass is 10.00. The zero-order valence-corrected chi connectivity index (χ0v) is 39.3. The highest BCUT2D eigenvalue weighted by molar-refractivity contribution is 5.98. The summed E-state index contributed by atoms with van der Waals surface area (Å²) in [6.45, 7) is 5.20. The van der Waals surface area contributed by atoms with E-state index in [-0.39, 0.29) is 77.0 Å². The third kappa shape index (κ3) is 19.4. The van der Waals surface area contributed by atoms with Crippen LogP contribution in [0.1, 0.15) is 71.8 Å². The number of nitrogens with two attached hydrogens (primary N) is 5. The SMILES string of the molecule is CC(C)C[C@H]1NC(=O)[C@@H](Cc2ccccc2)NC(=O)[C@@H](CCN)NC(=O)C(NC(=O)[C@H](CCN)NC(=O)[C@@H](N)[C@@H](C)O)CCNC(=O)[C@@H]([C@H](C)O)NC(=O)[C@H](CCN)NC(=O)[C@H](CCN)NC1=O. The molecule has 1 aromatic carbocycles. The van der Waals surface area contributed by atoms with Gasteiger partial charge in [0.05, 0.1) is 12.2 Å².